The summed E-state index contributed by atoms with van der Waals surface area (Å²) in [6.07, 6.45) is 4.18. The Balaban J connectivity index is 0.00000605. The van der Waals surface area contributed by atoms with E-state index in [0.717, 1.165) is 48.1 Å². The summed E-state index contributed by atoms with van der Waals surface area (Å²) in [5, 5.41) is 16.7. The normalized spacial score (nSPS) is 14.2. The van der Waals surface area contributed by atoms with Gasteiger partial charge in [0.15, 0.2) is 26.6 Å². The first-order chi connectivity index (χ1) is 24.6. The molecule has 2 amide bonds. The average molecular weight is 754 g/mol. The van der Waals surface area contributed by atoms with E-state index in [0.29, 0.717) is 36.6 Å². The van der Waals surface area contributed by atoms with Gasteiger partial charge in [0.1, 0.15) is 5.56 Å². The Morgan fingerprint density at radius 2 is 1.73 bits per heavy atom. The number of fused-ring (bicyclic) bond motifs is 1. The van der Waals surface area contributed by atoms with Crippen LogP contribution in [-0.2, 0) is 28.7 Å². The van der Waals surface area contributed by atoms with E-state index in [1.807, 2.05) is 36.1 Å². The third kappa shape index (κ3) is 8.55. The summed E-state index contributed by atoms with van der Waals surface area (Å²) in [7, 11) is 0.759. The number of ether oxygens (including phenoxy) is 2. The first-order valence-corrected chi connectivity index (χ1v) is 19.1. The lowest BCUT2D eigenvalue weighted by Gasteiger charge is -2.36. The predicted molar refractivity (Wildman–Crippen MR) is 201 cm³/mol. The fraction of sp³-hybridized carbons (Fsp3) is 0.405. The van der Waals surface area contributed by atoms with Crippen molar-refractivity contribution in [2.24, 2.45) is 0 Å². The molecule has 0 aliphatic carbocycles. The summed E-state index contributed by atoms with van der Waals surface area (Å²) in [6, 6.07) is 14.1. The van der Waals surface area contributed by atoms with E-state index in [1.54, 1.807) is 33.8 Å². The largest absolute Gasteiger partial charge is 0.494 e. The highest BCUT2D eigenvalue weighted by Gasteiger charge is 2.32. The molecule has 1 aliphatic heterocycles. The van der Waals surface area contributed by atoms with Crippen LogP contribution >= 0.6 is 11.3 Å². The summed E-state index contributed by atoms with van der Waals surface area (Å²) in [5.74, 6) is -0.995. The number of aliphatic hydroxyl groups is 1. The molecule has 52 heavy (non-hydrogen) atoms. The number of amides is 2. The third-order valence-corrected chi connectivity index (χ3v) is 11.4. The summed E-state index contributed by atoms with van der Waals surface area (Å²) in [4.78, 5) is 44.1. The van der Waals surface area contributed by atoms with Gasteiger partial charge in [-0.3, -0.25) is 9.59 Å². The van der Waals surface area contributed by atoms with Crippen LogP contribution in [0.15, 0.2) is 58.1 Å². The van der Waals surface area contributed by atoms with Gasteiger partial charge in [-0.2, -0.15) is 5.10 Å². The summed E-state index contributed by atoms with van der Waals surface area (Å²) < 4.78 is 28.7. The Labute approximate surface area is 310 Å². The number of methoxy groups -OCH3 is 2. The molecule has 0 fully saturated rings. The quantitative estimate of drug-likeness (QED) is 0.160. The number of benzene rings is 2. The standard InChI is InChI=1S/C37H45N5O7S2.H2O/c1-6-8-16-40(17-9-7-2)35(45)31-18-24(3)42(38-31)32-15-14-27(39-51(47)37-33(48-4)30(23-50-37)36(46)49-5)20-29(32)34(44)41-21-26-13-11-10-12-25(26)19-28(41)22-43;/h10-15,18,20,23,28,39,43H,6-9,16-17,19,21-22H2,1-5H3;1H2/t28-,51?;/m0./s1. The van der Waals surface area contributed by atoms with E-state index in [2.05, 4.69) is 18.6 Å². The van der Waals surface area contributed by atoms with Crippen molar-refractivity contribution in [3.8, 4) is 11.4 Å². The fourth-order valence-electron chi connectivity index (χ4n) is 6.15. The van der Waals surface area contributed by atoms with Gasteiger partial charge in [0.05, 0.1) is 38.1 Å². The van der Waals surface area contributed by atoms with Crippen molar-refractivity contribution in [1.29, 1.82) is 0 Å². The van der Waals surface area contributed by atoms with E-state index >= 15 is 0 Å². The second kappa shape index (κ2) is 18.3. The Morgan fingerprint density at radius 3 is 2.37 bits per heavy atom. The SMILES string of the molecule is CCCCN(CCCC)C(=O)c1cc(C)n(-c2ccc(NS(=O)c3scc(C(=O)OC)c3OC)cc2C(=O)N2Cc3ccccc3C[C@H]2CO)n1.O. The Kier molecular flexibility index (Phi) is 14.1. The lowest BCUT2D eigenvalue weighted by atomic mass is 9.93. The maximum Gasteiger partial charge on any atom is 0.342 e. The molecule has 1 aliphatic rings. The average Bonchev–Trinajstić information content (AvgIpc) is 3.77. The number of aromatic nitrogens is 2. The number of thiophene rings is 1. The van der Waals surface area contributed by atoms with Crippen LogP contribution in [0.3, 0.4) is 0 Å². The van der Waals surface area contributed by atoms with Gasteiger partial charge < -0.3 is 34.6 Å². The molecule has 5 rings (SSSR count). The Morgan fingerprint density at radius 1 is 1.04 bits per heavy atom. The maximum absolute atomic E-state index is 14.6. The zero-order valence-electron chi connectivity index (χ0n) is 30.1. The number of anilines is 1. The third-order valence-electron chi connectivity index (χ3n) is 8.94. The van der Waals surface area contributed by atoms with Crippen LogP contribution in [0.1, 0.15) is 87.6 Å². The van der Waals surface area contributed by atoms with Crippen LogP contribution < -0.4 is 9.46 Å². The highest BCUT2D eigenvalue weighted by molar-refractivity contribution is 7.88. The minimum Gasteiger partial charge on any atom is -0.494 e. The number of esters is 1. The van der Waals surface area contributed by atoms with Crippen LogP contribution in [0.5, 0.6) is 5.75 Å². The van der Waals surface area contributed by atoms with Crippen LogP contribution in [0.25, 0.3) is 5.69 Å². The van der Waals surface area contributed by atoms with Gasteiger partial charge in [-0.25, -0.2) is 13.7 Å². The molecule has 0 saturated heterocycles. The van der Waals surface area contributed by atoms with Crippen molar-refractivity contribution >= 4 is 45.8 Å². The number of carbonyl (C=O) groups is 3. The van der Waals surface area contributed by atoms with Crippen LogP contribution in [0, 0.1) is 6.92 Å². The molecule has 3 heterocycles. The first kappa shape index (κ1) is 40.2. The number of unbranched alkanes of at least 4 members (excludes halogenated alkanes) is 2. The number of hydrogen-bond donors (Lipinski definition) is 2. The minimum atomic E-state index is -1.88. The molecule has 280 valence electrons. The number of aliphatic hydroxyl groups excluding tert-OH is 1. The molecule has 2 atom stereocenters. The number of nitrogens with zero attached hydrogens (tertiary/aromatic N) is 4. The molecule has 15 heteroatoms. The fourth-order valence-corrected chi connectivity index (χ4v) is 8.29. The van der Waals surface area contributed by atoms with Crippen molar-refractivity contribution in [1.82, 2.24) is 19.6 Å². The smallest absolute Gasteiger partial charge is 0.342 e. The molecule has 0 saturated carbocycles. The molecular weight excluding hydrogens is 707 g/mol. The van der Waals surface area contributed by atoms with E-state index in [9.17, 15) is 23.7 Å². The summed E-state index contributed by atoms with van der Waals surface area (Å²) >= 11 is 1.08. The first-order valence-electron chi connectivity index (χ1n) is 17.1. The number of nitrogens with one attached hydrogen (secondary N) is 1. The molecule has 2 aromatic heterocycles. The van der Waals surface area contributed by atoms with Gasteiger partial charge >= 0.3 is 5.97 Å². The maximum atomic E-state index is 14.6. The number of aryl methyl sites for hydroxylation is 1. The van der Waals surface area contributed by atoms with Gasteiger partial charge in [-0.05, 0) is 61.6 Å². The van der Waals surface area contributed by atoms with Gasteiger partial charge in [0.2, 0.25) is 0 Å². The zero-order valence-corrected chi connectivity index (χ0v) is 31.8. The Hall–Kier alpha value is -4.57. The molecule has 0 spiro atoms. The molecule has 13 nitrogen and oxygen atoms in total. The topological polar surface area (TPSA) is 175 Å². The van der Waals surface area contributed by atoms with Gasteiger partial charge in [-0.15, -0.1) is 11.3 Å². The molecule has 2 aromatic carbocycles. The molecular formula is C37H47N5O8S2. The van der Waals surface area contributed by atoms with Gasteiger partial charge in [0.25, 0.3) is 11.8 Å². The number of carbonyl (C=O) groups excluding carboxylic acids is 3. The summed E-state index contributed by atoms with van der Waals surface area (Å²) in [6.45, 7) is 7.34. The van der Waals surface area contributed by atoms with Crippen molar-refractivity contribution < 1.29 is 38.6 Å². The van der Waals surface area contributed by atoms with E-state index < -0.39 is 23.0 Å². The van der Waals surface area contributed by atoms with E-state index in [1.165, 1.54) is 19.6 Å². The van der Waals surface area contributed by atoms with Crippen molar-refractivity contribution in [2.75, 3.05) is 38.6 Å². The highest BCUT2D eigenvalue weighted by atomic mass is 32.2. The molecule has 0 radical (unpaired) electrons. The van der Waals surface area contributed by atoms with E-state index in [4.69, 9.17) is 14.6 Å². The monoisotopic (exact) mass is 753 g/mol. The lowest BCUT2D eigenvalue weighted by molar-refractivity contribution is 0.0543. The second-order valence-corrected chi connectivity index (χ2v) is 14.7. The zero-order chi connectivity index (χ0) is 36.7. The van der Waals surface area contributed by atoms with Crippen LogP contribution in [0.2, 0.25) is 0 Å². The van der Waals surface area contributed by atoms with Crippen molar-refractivity contribution in [2.45, 2.75) is 69.7 Å². The Bertz CT molecular complexity index is 1900. The molecule has 0 bridgehead atoms. The van der Waals surface area contributed by atoms with Crippen LogP contribution in [0.4, 0.5) is 5.69 Å². The van der Waals surface area contributed by atoms with Crippen molar-refractivity contribution in [3.63, 3.8) is 0 Å². The van der Waals surface area contributed by atoms with Gasteiger partial charge in [-0.1, -0.05) is 51.0 Å². The highest BCUT2D eigenvalue weighted by Crippen LogP contribution is 2.35. The lowest BCUT2D eigenvalue weighted by Crippen LogP contribution is -2.46. The molecule has 4 aromatic rings. The second-order valence-electron chi connectivity index (χ2n) is 12.4. The van der Waals surface area contributed by atoms with Crippen molar-refractivity contribution in [3.05, 3.63) is 87.6 Å². The number of hydrogen-bond acceptors (Lipinski definition) is 9. The van der Waals surface area contributed by atoms with Gasteiger partial charge in [0, 0.05) is 36.4 Å². The molecule has 1 unspecified atom stereocenters. The minimum absolute atomic E-state index is 0. The van der Waals surface area contributed by atoms with Crippen LogP contribution in [-0.4, -0.2) is 92.1 Å². The summed E-state index contributed by atoms with van der Waals surface area (Å²) in [5.41, 5.74) is 4.19. The number of rotatable bonds is 15. The predicted octanol–water partition coefficient (Wildman–Crippen LogP) is 4.95. The molecule has 4 N–H and O–H groups in total. The van der Waals surface area contributed by atoms with E-state index in [-0.39, 0.29) is 57.2 Å².